The van der Waals surface area contributed by atoms with Crippen LogP contribution in [0.25, 0.3) is 0 Å². The van der Waals surface area contributed by atoms with Crippen LogP contribution in [0.3, 0.4) is 0 Å². The highest BCUT2D eigenvalue weighted by atomic mass is 14.9. The summed E-state index contributed by atoms with van der Waals surface area (Å²) in [6.45, 7) is 5.94. The van der Waals surface area contributed by atoms with Crippen LogP contribution in [-0.4, -0.2) is 19.6 Å². The standard InChI is InChI=1S/C5H11N.C3H9N.CH4/c1-2-4-6-5-3-1;1-2-3-4;/h6H,1-5H2;2-4H2,1H3;1H4/p+2. The Morgan fingerprint density at radius 2 is 1.64 bits per heavy atom. The van der Waals surface area contributed by atoms with Crippen LogP contribution in [0.1, 0.15) is 40.0 Å². The van der Waals surface area contributed by atoms with Crippen LogP contribution in [-0.2, 0) is 0 Å². The smallest absolute Gasteiger partial charge is 0.0755 e. The zero-order valence-electron chi connectivity index (χ0n) is 7.23. The predicted molar refractivity (Wildman–Crippen MR) is 50.3 cm³/mol. The van der Waals surface area contributed by atoms with Crippen LogP contribution in [0.5, 0.6) is 0 Å². The van der Waals surface area contributed by atoms with Crippen LogP contribution < -0.4 is 11.1 Å². The summed E-state index contributed by atoms with van der Waals surface area (Å²) in [5, 5.41) is 2.39. The number of hydrogen-bond acceptors (Lipinski definition) is 0. The number of hydrogen-bond donors (Lipinski definition) is 2. The van der Waals surface area contributed by atoms with E-state index in [0.29, 0.717) is 0 Å². The fourth-order valence-corrected chi connectivity index (χ4v) is 0.898. The van der Waals surface area contributed by atoms with Crippen LogP contribution in [0.4, 0.5) is 0 Å². The van der Waals surface area contributed by atoms with E-state index in [4.69, 9.17) is 0 Å². The van der Waals surface area contributed by atoms with Crippen molar-refractivity contribution in [2.75, 3.05) is 19.6 Å². The first kappa shape index (κ1) is 13.5. The quantitative estimate of drug-likeness (QED) is 0.545. The van der Waals surface area contributed by atoms with Crippen LogP contribution >= 0.6 is 0 Å². The van der Waals surface area contributed by atoms with Gasteiger partial charge in [0.1, 0.15) is 0 Å². The van der Waals surface area contributed by atoms with Crippen molar-refractivity contribution < 1.29 is 11.1 Å². The van der Waals surface area contributed by atoms with Crippen molar-refractivity contribution >= 4 is 0 Å². The van der Waals surface area contributed by atoms with E-state index < -0.39 is 0 Å². The van der Waals surface area contributed by atoms with Gasteiger partial charge < -0.3 is 11.1 Å². The van der Waals surface area contributed by atoms with Crippen molar-refractivity contribution in [3.8, 4) is 0 Å². The van der Waals surface area contributed by atoms with E-state index in [1.165, 1.54) is 38.8 Å². The maximum Gasteiger partial charge on any atom is 0.0755 e. The molecule has 0 aromatic carbocycles. The van der Waals surface area contributed by atoms with Gasteiger partial charge >= 0.3 is 0 Å². The Balaban J connectivity index is 0. The molecule has 2 heteroatoms. The molecule has 0 spiro atoms. The monoisotopic (exact) mass is 162 g/mol. The lowest BCUT2D eigenvalue weighted by atomic mass is 10.2. The van der Waals surface area contributed by atoms with Gasteiger partial charge in [-0.1, -0.05) is 14.4 Å². The van der Waals surface area contributed by atoms with Gasteiger partial charge in [0.25, 0.3) is 0 Å². The third-order valence-electron chi connectivity index (χ3n) is 1.67. The second-order valence-electron chi connectivity index (χ2n) is 2.78. The Morgan fingerprint density at radius 3 is 1.73 bits per heavy atom. The summed E-state index contributed by atoms with van der Waals surface area (Å²) in [5.74, 6) is 0. The topological polar surface area (TPSA) is 44.2 Å². The van der Waals surface area contributed by atoms with Crippen LogP contribution in [0.2, 0.25) is 0 Å². The minimum absolute atomic E-state index is 0. The molecule has 1 rings (SSSR count). The van der Waals surface area contributed by atoms with Crippen molar-refractivity contribution in [3.05, 3.63) is 0 Å². The van der Waals surface area contributed by atoms with Gasteiger partial charge in [-0.15, -0.1) is 0 Å². The SMILES string of the molecule is C.C1CC[NH2+]CC1.CCC[NH3+]. The molecule has 1 aliphatic rings. The van der Waals surface area contributed by atoms with Gasteiger partial charge in [0.15, 0.2) is 0 Å². The summed E-state index contributed by atoms with van der Waals surface area (Å²) in [6.07, 6.45) is 5.57. The van der Waals surface area contributed by atoms with E-state index in [0.717, 1.165) is 6.54 Å². The molecule has 0 radical (unpaired) electrons. The zero-order chi connectivity index (χ0) is 7.66. The third kappa shape index (κ3) is 13.0. The molecule has 0 unspecified atom stereocenters. The first-order chi connectivity index (χ1) is 4.91. The predicted octanol–water partition coefficient (Wildman–Crippen LogP) is 0.00810. The van der Waals surface area contributed by atoms with Crippen molar-refractivity contribution in [2.45, 2.75) is 40.0 Å². The van der Waals surface area contributed by atoms with Gasteiger partial charge in [0.05, 0.1) is 19.6 Å². The average Bonchev–Trinajstić information content (AvgIpc) is 2.08. The number of quaternary nitrogens is 2. The molecule has 0 bridgehead atoms. The van der Waals surface area contributed by atoms with Gasteiger partial charge in [0.2, 0.25) is 0 Å². The van der Waals surface area contributed by atoms with Crippen molar-refractivity contribution in [3.63, 3.8) is 0 Å². The van der Waals surface area contributed by atoms with Crippen molar-refractivity contribution in [2.24, 2.45) is 0 Å². The average molecular weight is 162 g/mol. The molecule has 0 atom stereocenters. The Labute approximate surface area is 71.6 Å². The minimum Gasteiger partial charge on any atom is -0.358 e. The molecule has 0 saturated carbocycles. The van der Waals surface area contributed by atoms with Gasteiger partial charge in [-0.05, 0) is 25.7 Å². The van der Waals surface area contributed by atoms with Gasteiger partial charge in [0, 0.05) is 0 Å². The first-order valence-electron chi connectivity index (χ1n) is 4.52. The van der Waals surface area contributed by atoms with Gasteiger partial charge in [-0.25, -0.2) is 0 Å². The summed E-state index contributed by atoms with van der Waals surface area (Å²) in [7, 11) is 0. The maximum atomic E-state index is 3.60. The van der Waals surface area contributed by atoms with E-state index in [-0.39, 0.29) is 7.43 Å². The summed E-state index contributed by atoms with van der Waals surface area (Å²) in [6, 6.07) is 0. The molecular formula is C9H26N2+2. The van der Waals surface area contributed by atoms with E-state index in [1.54, 1.807) is 0 Å². The Bertz CT molecular complexity index is 38.0. The van der Waals surface area contributed by atoms with E-state index in [2.05, 4.69) is 18.0 Å². The molecule has 1 saturated heterocycles. The molecule has 0 aromatic rings. The molecule has 0 amide bonds. The summed E-state index contributed by atoms with van der Waals surface area (Å²) in [5.41, 5.74) is 3.60. The normalized spacial score (nSPS) is 15.8. The first-order valence-corrected chi connectivity index (χ1v) is 4.52. The summed E-state index contributed by atoms with van der Waals surface area (Å²) >= 11 is 0. The molecule has 0 aliphatic carbocycles. The second-order valence-corrected chi connectivity index (χ2v) is 2.78. The van der Waals surface area contributed by atoms with E-state index >= 15 is 0 Å². The van der Waals surface area contributed by atoms with Crippen molar-refractivity contribution in [1.29, 1.82) is 0 Å². The Morgan fingerprint density at radius 1 is 1.18 bits per heavy atom. The molecule has 11 heavy (non-hydrogen) atoms. The molecule has 2 nitrogen and oxygen atoms in total. The summed E-state index contributed by atoms with van der Waals surface area (Å²) in [4.78, 5) is 0. The molecule has 1 heterocycles. The lowest BCUT2D eigenvalue weighted by Gasteiger charge is -2.05. The molecule has 70 valence electrons. The fraction of sp³-hybridized carbons (Fsp3) is 1.00. The number of nitrogens with two attached hydrogens (primary N) is 1. The van der Waals surface area contributed by atoms with Crippen molar-refractivity contribution in [1.82, 2.24) is 0 Å². The Hall–Kier alpha value is -0.0800. The highest BCUT2D eigenvalue weighted by Gasteiger charge is 1.97. The van der Waals surface area contributed by atoms with E-state index in [1.807, 2.05) is 0 Å². The largest absolute Gasteiger partial charge is 0.358 e. The minimum atomic E-state index is 0. The van der Waals surface area contributed by atoms with Gasteiger partial charge in [-0.2, -0.15) is 0 Å². The molecule has 5 N–H and O–H groups in total. The summed E-state index contributed by atoms with van der Waals surface area (Å²) < 4.78 is 0. The lowest BCUT2D eigenvalue weighted by molar-refractivity contribution is -0.662. The van der Waals surface area contributed by atoms with Gasteiger partial charge in [-0.3, -0.25) is 0 Å². The van der Waals surface area contributed by atoms with Crippen LogP contribution in [0.15, 0.2) is 0 Å². The molecule has 1 aliphatic heterocycles. The fourth-order valence-electron chi connectivity index (χ4n) is 0.898. The highest BCUT2D eigenvalue weighted by Crippen LogP contribution is 1.91. The molecule has 1 fully saturated rings. The lowest BCUT2D eigenvalue weighted by Crippen LogP contribution is -2.85. The number of rotatable bonds is 1. The maximum absolute atomic E-state index is 3.60. The Kier molecular flexibility index (Phi) is 15.4. The molecular weight excluding hydrogens is 136 g/mol. The zero-order valence-corrected chi connectivity index (χ0v) is 7.23. The molecule has 0 aromatic heterocycles. The number of piperidine rings is 1. The van der Waals surface area contributed by atoms with E-state index in [9.17, 15) is 0 Å². The second kappa shape index (κ2) is 12.6. The highest BCUT2D eigenvalue weighted by molar-refractivity contribution is 4.40. The third-order valence-corrected chi connectivity index (χ3v) is 1.67. The van der Waals surface area contributed by atoms with Crippen LogP contribution in [0, 0.1) is 0 Å².